The predicted octanol–water partition coefficient (Wildman–Crippen LogP) is 0.586. The highest BCUT2D eigenvalue weighted by Gasteiger charge is 2.19. The molecule has 0 saturated carbocycles. The average molecular weight is 282 g/mol. The first-order valence-electron chi connectivity index (χ1n) is 6.87. The SMILES string of the molecule is COc1ccc(C(CN)NN2CCN(C)CC2)cc1F. The van der Waals surface area contributed by atoms with Crippen molar-refractivity contribution < 1.29 is 9.13 Å². The van der Waals surface area contributed by atoms with Crippen molar-refractivity contribution in [3.63, 3.8) is 0 Å². The summed E-state index contributed by atoms with van der Waals surface area (Å²) in [5.41, 5.74) is 10.0. The van der Waals surface area contributed by atoms with Gasteiger partial charge in [-0.1, -0.05) is 6.07 Å². The summed E-state index contributed by atoms with van der Waals surface area (Å²) in [7, 11) is 3.57. The maximum absolute atomic E-state index is 13.8. The fourth-order valence-electron chi connectivity index (χ4n) is 2.32. The summed E-state index contributed by atoms with van der Waals surface area (Å²) in [6.45, 7) is 4.32. The number of benzene rings is 1. The quantitative estimate of drug-likeness (QED) is 0.828. The van der Waals surface area contributed by atoms with Gasteiger partial charge in [-0.05, 0) is 24.7 Å². The van der Waals surface area contributed by atoms with E-state index >= 15 is 0 Å². The molecule has 1 aromatic carbocycles. The Morgan fingerprint density at radius 1 is 1.35 bits per heavy atom. The molecular weight excluding hydrogens is 259 g/mol. The van der Waals surface area contributed by atoms with E-state index in [2.05, 4.69) is 22.4 Å². The van der Waals surface area contributed by atoms with Gasteiger partial charge in [0.25, 0.3) is 0 Å². The molecule has 0 spiro atoms. The minimum atomic E-state index is -0.358. The number of piperazine rings is 1. The fraction of sp³-hybridized carbons (Fsp3) is 0.571. The van der Waals surface area contributed by atoms with Crippen LogP contribution in [0.2, 0.25) is 0 Å². The van der Waals surface area contributed by atoms with Gasteiger partial charge < -0.3 is 15.4 Å². The average Bonchev–Trinajstić information content (AvgIpc) is 2.46. The highest BCUT2D eigenvalue weighted by Crippen LogP contribution is 2.21. The molecule has 1 aliphatic heterocycles. The maximum Gasteiger partial charge on any atom is 0.165 e. The Kier molecular flexibility index (Phi) is 5.31. The summed E-state index contributed by atoms with van der Waals surface area (Å²) in [5.74, 6) is -0.104. The van der Waals surface area contributed by atoms with E-state index in [1.807, 2.05) is 6.07 Å². The van der Waals surface area contributed by atoms with Crippen molar-refractivity contribution in [3.05, 3.63) is 29.6 Å². The van der Waals surface area contributed by atoms with Gasteiger partial charge in [0.05, 0.1) is 13.2 Å². The van der Waals surface area contributed by atoms with Gasteiger partial charge in [-0.25, -0.2) is 14.8 Å². The molecule has 20 heavy (non-hydrogen) atoms. The number of nitrogens with zero attached hydrogens (tertiary/aromatic N) is 2. The highest BCUT2D eigenvalue weighted by molar-refractivity contribution is 5.31. The third-order valence-corrected chi connectivity index (χ3v) is 3.66. The highest BCUT2D eigenvalue weighted by atomic mass is 19.1. The Balaban J connectivity index is 2.02. The van der Waals surface area contributed by atoms with Gasteiger partial charge in [0.2, 0.25) is 0 Å². The minimum Gasteiger partial charge on any atom is -0.494 e. The Bertz CT molecular complexity index is 435. The first-order valence-corrected chi connectivity index (χ1v) is 6.87. The van der Waals surface area contributed by atoms with E-state index in [-0.39, 0.29) is 17.6 Å². The van der Waals surface area contributed by atoms with Gasteiger partial charge in [-0.15, -0.1) is 0 Å². The number of hydrogen-bond acceptors (Lipinski definition) is 5. The van der Waals surface area contributed by atoms with Gasteiger partial charge in [-0.3, -0.25) is 0 Å². The van der Waals surface area contributed by atoms with Crippen molar-refractivity contribution >= 4 is 0 Å². The lowest BCUT2D eigenvalue weighted by Crippen LogP contribution is -2.52. The molecule has 1 unspecified atom stereocenters. The number of hydrazine groups is 1. The maximum atomic E-state index is 13.8. The first kappa shape index (κ1) is 15.2. The molecule has 3 N–H and O–H groups in total. The molecule has 6 heteroatoms. The van der Waals surface area contributed by atoms with E-state index in [0.29, 0.717) is 6.54 Å². The third-order valence-electron chi connectivity index (χ3n) is 3.66. The Morgan fingerprint density at radius 2 is 2.05 bits per heavy atom. The van der Waals surface area contributed by atoms with E-state index in [9.17, 15) is 4.39 Å². The summed E-state index contributed by atoms with van der Waals surface area (Å²) in [5, 5.41) is 2.15. The number of ether oxygens (including phenoxy) is 1. The smallest absolute Gasteiger partial charge is 0.165 e. The normalized spacial score (nSPS) is 19.0. The Hall–Kier alpha value is -1.21. The summed E-state index contributed by atoms with van der Waals surface area (Å²) in [6.07, 6.45) is 0. The van der Waals surface area contributed by atoms with Gasteiger partial charge in [-0.2, -0.15) is 0 Å². The van der Waals surface area contributed by atoms with Crippen LogP contribution in [0, 0.1) is 5.82 Å². The van der Waals surface area contributed by atoms with E-state index in [1.54, 1.807) is 6.07 Å². The molecule has 1 fully saturated rings. The standard InChI is InChI=1S/C14H23FN4O/c1-18-5-7-19(8-6-18)17-13(10-16)11-3-4-14(20-2)12(15)9-11/h3-4,9,13,17H,5-8,10,16H2,1-2H3. The molecule has 1 saturated heterocycles. The minimum absolute atomic E-state index is 0.0844. The van der Waals surface area contributed by atoms with Gasteiger partial charge >= 0.3 is 0 Å². The molecule has 0 radical (unpaired) electrons. The molecule has 1 atom stereocenters. The topological polar surface area (TPSA) is 53.8 Å². The van der Waals surface area contributed by atoms with Crippen LogP contribution in [0.1, 0.15) is 11.6 Å². The second-order valence-corrected chi connectivity index (χ2v) is 5.10. The predicted molar refractivity (Wildman–Crippen MR) is 77.0 cm³/mol. The van der Waals surface area contributed by atoms with Crippen LogP contribution in [0.25, 0.3) is 0 Å². The zero-order valence-electron chi connectivity index (χ0n) is 12.1. The summed E-state index contributed by atoms with van der Waals surface area (Å²) in [6, 6.07) is 4.89. The van der Waals surface area contributed by atoms with Crippen molar-refractivity contribution in [3.8, 4) is 5.75 Å². The molecule has 0 amide bonds. The molecule has 1 aliphatic rings. The molecule has 1 heterocycles. The van der Waals surface area contributed by atoms with Crippen molar-refractivity contribution in [2.45, 2.75) is 6.04 Å². The Labute approximate surface area is 119 Å². The van der Waals surface area contributed by atoms with Gasteiger partial charge in [0.1, 0.15) is 0 Å². The summed E-state index contributed by atoms with van der Waals surface area (Å²) < 4.78 is 18.7. The third kappa shape index (κ3) is 3.67. The number of nitrogens with one attached hydrogen (secondary N) is 1. The lowest BCUT2D eigenvalue weighted by atomic mass is 10.1. The number of nitrogens with two attached hydrogens (primary N) is 1. The number of hydrogen-bond donors (Lipinski definition) is 2. The van der Waals surface area contributed by atoms with Crippen LogP contribution in [0.3, 0.4) is 0 Å². The van der Waals surface area contributed by atoms with Crippen molar-refractivity contribution in [2.75, 3.05) is 46.9 Å². The van der Waals surface area contributed by atoms with Crippen molar-refractivity contribution in [2.24, 2.45) is 5.73 Å². The van der Waals surface area contributed by atoms with Gasteiger partial charge in [0, 0.05) is 32.7 Å². The summed E-state index contributed by atoms with van der Waals surface area (Å²) in [4.78, 5) is 2.28. The largest absolute Gasteiger partial charge is 0.494 e. The van der Waals surface area contributed by atoms with Gasteiger partial charge in [0.15, 0.2) is 11.6 Å². The molecule has 2 rings (SSSR count). The van der Waals surface area contributed by atoms with Crippen molar-refractivity contribution in [1.29, 1.82) is 0 Å². The molecule has 0 bridgehead atoms. The molecular formula is C14H23FN4O. The lowest BCUT2D eigenvalue weighted by Gasteiger charge is -2.35. The zero-order chi connectivity index (χ0) is 14.5. The van der Waals surface area contributed by atoms with Crippen molar-refractivity contribution in [1.82, 2.24) is 15.3 Å². The second-order valence-electron chi connectivity index (χ2n) is 5.10. The van der Waals surface area contributed by atoms with E-state index in [4.69, 9.17) is 10.5 Å². The monoisotopic (exact) mass is 282 g/mol. The van der Waals surface area contributed by atoms with Crippen LogP contribution >= 0.6 is 0 Å². The van der Waals surface area contributed by atoms with Crippen LogP contribution < -0.4 is 15.9 Å². The molecule has 0 aliphatic carbocycles. The van der Waals surface area contributed by atoms with Crippen LogP contribution in [0.15, 0.2) is 18.2 Å². The molecule has 112 valence electrons. The zero-order valence-corrected chi connectivity index (χ0v) is 12.1. The number of likely N-dealkylation sites (N-methyl/N-ethyl adjacent to an activating group) is 1. The van der Waals surface area contributed by atoms with Crippen LogP contribution in [-0.4, -0.2) is 56.8 Å². The lowest BCUT2D eigenvalue weighted by molar-refractivity contribution is 0.0879. The Morgan fingerprint density at radius 3 is 2.60 bits per heavy atom. The summed E-state index contributed by atoms with van der Waals surface area (Å²) >= 11 is 0. The number of rotatable bonds is 5. The molecule has 5 nitrogen and oxygen atoms in total. The van der Waals surface area contributed by atoms with Crippen LogP contribution in [0.4, 0.5) is 4.39 Å². The molecule has 1 aromatic rings. The number of methoxy groups -OCH3 is 1. The van der Waals surface area contributed by atoms with E-state index in [1.165, 1.54) is 13.2 Å². The molecule has 0 aromatic heterocycles. The van der Waals surface area contributed by atoms with E-state index in [0.717, 1.165) is 31.7 Å². The second kappa shape index (κ2) is 6.99. The fourth-order valence-corrected chi connectivity index (χ4v) is 2.32. The van der Waals surface area contributed by atoms with Crippen LogP contribution in [-0.2, 0) is 0 Å². The van der Waals surface area contributed by atoms with E-state index < -0.39 is 0 Å². The number of halogens is 1. The van der Waals surface area contributed by atoms with Crippen LogP contribution in [0.5, 0.6) is 5.75 Å². The first-order chi connectivity index (χ1) is 9.63.